The van der Waals surface area contributed by atoms with Gasteiger partial charge in [-0.15, -0.1) is 0 Å². The topological polar surface area (TPSA) is 93.1 Å². The van der Waals surface area contributed by atoms with Crippen molar-refractivity contribution in [3.05, 3.63) is 137 Å². The molecular weight excluding hydrogens is 498 g/mol. The van der Waals surface area contributed by atoms with Crippen LogP contribution < -0.4 is 0 Å². The van der Waals surface area contributed by atoms with Crippen molar-refractivity contribution in [2.24, 2.45) is 20.0 Å². The molecule has 0 unspecified atom stereocenters. The van der Waals surface area contributed by atoms with Crippen molar-refractivity contribution >= 4 is 29.2 Å². The average molecular weight is 520 g/mol. The molecule has 0 fully saturated rings. The molecule has 4 aliphatic rings. The number of benzene rings is 4. The molecule has 0 saturated heterocycles. The van der Waals surface area contributed by atoms with Gasteiger partial charge >= 0.3 is 0 Å². The Hall–Kier alpha value is -5.56. The molecule has 0 radical (unpaired) electrons. The molecule has 1 aliphatic carbocycles. The molecule has 2 N–H and O–H groups in total. The van der Waals surface area contributed by atoms with Crippen LogP contribution in [0.3, 0.4) is 0 Å². The summed E-state index contributed by atoms with van der Waals surface area (Å²) in [6.45, 7) is 0. The van der Waals surface area contributed by atoms with Crippen molar-refractivity contribution in [3.8, 4) is 22.6 Å². The van der Waals surface area contributed by atoms with Crippen LogP contribution in [0.2, 0.25) is 0 Å². The van der Waals surface area contributed by atoms with Crippen LogP contribution in [0.4, 0.5) is 0 Å². The van der Waals surface area contributed by atoms with Gasteiger partial charge in [-0.25, -0.2) is 14.9 Å². The van der Waals surface area contributed by atoms with Gasteiger partial charge in [-0.2, -0.15) is 9.98 Å². The van der Waals surface area contributed by atoms with Crippen molar-refractivity contribution in [1.82, 2.24) is 4.90 Å². The number of phenolic OH excluding ortho intramolecular Hbond substituents is 2. The van der Waals surface area contributed by atoms with Crippen LogP contribution in [0.15, 0.2) is 135 Å². The Morgan fingerprint density at radius 3 is 1.82 bits per heavy atom. The lowest BCUT2D eigenvalue weighted by atomic mass is 9.95. The Morgan fingerprint density at radius 2 is 1.18 bits per heavy atom. The van der Waals surface area contributed by atoms with Gasteiger partial charge in [0.15, 0.2) is 0 Å². The van der Waals surface area contributed by atoms with E-state index in [9.17, 15) is 10.2 Å². The minimum Gasteiger partial charge on any atom is -0.508 e. The van der Waals surface area contributed by atoms with Crippen LogP contribution in [-0.4, -0.2) is 38.6 Å². The molecule has 7 heteroatoms. The van der Waals surface area contributed by atoms with Gasteiger partial charge in [-0.1, -0.05) is 72.8 Å². The molecule has 8 rings (SSSR count). The first kappa shape index (κ1) is 22.4. The minimum absolute atomic E-state index is 0.158. The molecule has 4 aromatic carbocycles. The van der Waals surface area contributed by atoms with Gasteiger partial charge in [0, 0.05) is 11.1 Å². The smallest absolute Gasteiger partial charge is 0.239 e. The van der Waals surface area contributed by atoms with Crippen LogP contribution in [0.1, 0.15) is 28.2 Å². The minimum atomic E-state index is -0.320. The van der Waals surface area contributed by atoms with Gasteiger partial charge < -0.3 is 10.2 Å². The average Bonchev–Trinajstić information content (AvgIpc) is 3.30. The van der Waals surface area contributed by atoms with Gasteiger partial charge in [-0.3, -0.25) is 0 Å². The molecule has 4 aromatic rings. The van der Waals surface area contributed by atoms with Crippen LogP contribution in [0, 0.1) is 0 Å². The number of allylic oxidation sites excluding steroid dienone is 2. The van der Waals surface area contributed by atoms with Gasteiger partial charge in [0.1, 0.15) is 17.3 Å². The number of hydrogen-bond acceptors (Lipinski definition) is 7. The first-order chi connectivity index (χ1) is 19.6. The summed E-state index contributed by atoms with van der Waals surface area (Å²) in [6, 6.07) is 30.6. The van der Waals surface area contributed by atoms with E-state index in [-0.39, 0.29) is 17.4 Å². The summed E-state index contributed by atoms with van der Waals surface area (Å²) in [5.74, 6) is 1.54. The fourth-order valence-corrected chi connectivity index (χ4v) is 5.68. The maximum atomic E-state index is 10.3. The maximum Gasteiger partial charge on any atom is 0.239 e. The van der Waals surface area contributed by atoms with Crippen molar-refractivity contribution in [3.63, 3.8) is 0 Å². The molecule has 0 amide bonds. The lowest BCUT2D eigenvalue weighted by molar-refractivity contribution is 0.474. The highest BCUT2D eigenvalue weighted by atomic mass is 16.3. The van der Waals surface area contributed by atoms with E-state index in [0.717, 1.165) is 50.5 Å². The molecule has 40 heavy (non-hydrogen) atoms. The van der Waals surface area contributed by atoms with Gasteiger partial charge in [0.05, 0.1) is 23.0 Å². The third-order valence-electron chi connectivity index (χ3n) is 7.48. The molecule has 0 atom stereocenters. The van der Waals surface area contributed by atoms with Gasteiger partial charge in [0.2, 0.25) is 11.9 Å². The predicted octanol–water partition coefficient (Wildman–Crippen LogP) is 6.08. The maximum absolute atomic E-state index is 10.3. The molecule has 0 aromatic heterocycles. The lowest BCUT2D eigenvalue weighted by Crippen LogP contribution is -2.42. The second-order valence-corrected chi connectivity index (χ2v) is 9.93. The van der Waals surface area contributed by atoms with E-state index in [1.807, 2.05) is 89.8 Å². The zero-order valence-corrected chi connectivity index (χ0v) is 21.1. The van der Waals surface area contributed by atoms with Crippen LogP contribution in [0.25, 0.3) is 16.8 Å². The predicted molar refractivity (Wildman–Crippen MR) is 157 cm³/mol. The standard InChI is InChI=1S/C33H21N5O2/c39-22-11-13-24-26(17-22)27-18-23(40)12-14-25(27)30(24)31-36-32-34-28(19-7-3-1-4-8-19)15-21-16-29(20-9-5-2-6-10-20)35-33(37-31)38(21)32/h1-18,30,39-40H. The Bertz CT molecular complexity index is 1830. The number of phenols is 2. The fourth-order valence-electron chi connectivity index (χ4n) is 5.68. The highest BCUT2D eigenvalue weighted by molar-refractivity contribution is 6.25. The highest BCUT2D eigenvalue weighted by Gasteiger charge is 2.38. The summed E-state index contributed by atoms with van der Waals surface area (Å²) >= 11 is 0. The van der Waals surface area contributed by atoms with Gasteiger partial charge in [-0.05, 0) is 58.7 Å². The number of aromatic hydroxyl groups is 2. The summed E-state index contributed by atoms with van der Waals surface area (Å²) in [6.07, 6.45) is 4.08. The van der Waals surface area contributed by atoms with Gasteiger partial charge in [0.25, 0.3) is 0 Å². The van der Waals surface area contributed by atoms with E-state index < -0.39 is 0 Å². The Kier molecular flexibility index (Phi) is 4.75. The summed E-state index contributed by atoms with van der Waals surface area (Å²) in [4.78, 5) is 21.8. The first-order valence-electron chi connectivity index (χ1n) is 13.0. The van der Waals surface area contributed by atoms with Crippen LogP contribution in [-0.2, 0) is 0 Å². The highest BCUT2D eigenvalue weighted by Crippen LogP contribution is 2.48. The number of guanidine groups is 2. The SMILES string of the molecule is Oc1ccc2c(c1)-c1cc(O)ccc1C2C1=NC2=NC(c3ccccc3)=CC3=CC(c4ccccc4)=NC(=N1)N32. The van der Waals surface area contributed by atoms with Crippen LogP contribution >= 0.6 is 0 Å². The number of rotatable bonds is 3. The molecule has 0 bridgehead atoms. The number of aliphatic imine (C=N–C) groups is 4. The summed E-state index contributed by atoms with van der Waals surface area (Å²) in [5, 5.41) is 20.5. The second-order valence-electron chi connectivity index (χ2n) is 9.93. The number of fused-ring (bicyclic) bond motifs is 3. The summed E-state index contributed by atoms with van der Waals surface area (Å²) in [5.41, 5.74) is 8.06. The number of hydrogen-bond donors (Lipinski definition) is 2. The second kappa shape index (κ2) is 8.47. The molecule has 3 aliphatic heterocycles. The largest absolute Gasteiger partial charge is 0.508 e. The number of amidine groups is 1. The first-order valence-corrected chi connectivity index (χ1v) is 13.0. The van der Waals surface area contributed by atoms with E-state index in [0.29, 0.717) is 17.8 Å². The van der Waals surface area contributed by atoms with Crippen LogP contribution in [0.5, 0.6) is 11.5 Å². The Balaban J connectivity index is 1.35. The van der Waals surface area contributed by atoms with Crippen molar-refractivity contribution < 1.29 is 10.2 Å². The fraction of sp³-hybridized carbons (Fsp3) is 0.0303. The van der Waals surface area contributed by atoms with E-state index in [2.05, 4.69) is 0 Å². The van der Waals surface area contributed by atoms with Crippen molar-refractivity contribution in [2.75, 3.05) is 0 Å². The summed E-state index contributed by atoms with van der Waals surface area (Å²) < 4.78 is 0. The van der Waals surface area contributed by atoms with Crippen molar-refractivity contribution in [2.45, 2.75) is 5.92 Å². The molecule has 3 heterocycles. The molecular formula is C33H21N5O2. The van der Waals surface area contributed by atoms with Crippen molar-refractivity contribution in [1.29, 1.82) is 0 Å². The zero-order valence-electron chi connectivity index (χ0n) is 21.1. The van der Waals surface area contributed by atoms with E-state index >= 15 is 0 Å². The molecule has 0 saturated carbocycles. The van der Waals surface area contributed by atoms with E-state index in [1.54, 1.807) is 24.3 Å². The third-order valence-corrected chi connectivity index (χ3v) is 7.48. The Labute approximate surface area is 229 Å². The third kappa shape index (κ3) is 3.45. The molecule has 0 spiro atoms. The van der Waals surface area contributed by atoms with E-state index in [1.165, 1.54) is 0 Å². The van der Waals surface area contributed by atoms with E-state index in [4.69, 9.17) is 20.0 Å². The summed E-state index contributed by atoms with van der Waals surface area (Å²) in [7, 11) is 0. The quantitative estimate of drug-likeness (QED) is 0.344. The monoisotopic (exact) mass is 519 g/mol. The lowest BCUT2D eigenvalue weighted by Gasteiger charge is -2.33. The Morgan fingerprint density at radius 1 is 0.575 bits per heavy atom. The molecule has 190 valence electrons. The zero-order chi connectivity index (χ0) is 26.8. The number of nitrogens with zero attached hydrogens (tertiary/aromatic N) is 5. The normalized spacial score (nSPS) is 16.9. The molecule has 7 nitrogen and oxygen atoms in total.